The SMILES string of the molecule is COc1cccc(Cc2nsc(N(CC(=O)N3CCN(C(C)=O)CC3)Cc3ccccc3)n2)c1. The van der Waals surface area contributed by atoms with Gasteiger partial charge in [0.25, 0.3) is 0 Å². The highest BCUT2D eigenvalue weighted by atomic mass is 32.1. The van der Waals surface area contributed by atoms with E-state index < -0.39 is 0 Å². The van der Waals surface area contributed by atoms with Gasteiger partial charge in [0.05, 0.1) is 13.7 Å². The largest absolute Gasteiger partial charge is 0.497 e. The number of piperazine rings is 1. The monoisotopic (exact) mass is 479 g/mol. The molecule has 2 amide bonds. The topological polar surface area (TPSA) is 78.9 Å². The summed E-state index contributed by atoms with van der Waals surface area (Å²) in [5.74, 6) is 1.60. The number of carbonyl (C=O) groups excluding carboxylic acids is 2. The third kappa shape index (κ3) is 6.11. The lowest BCUT2D eigenvalue weighted by Crippen LogP contribution is -2.52. The van der Waals surface area contributed by atoms with Crippen molar-refractivity contribution in [2.45, 2.75) is 19.9 Å². The van der Waals surface area contributed by atoms with Gasteiger partial charge in [0.15, 0.2) is 0 Å². The van der Waals surface area contributed by atoms with Crippen molar-refractivity contribution < 1.29 is 14.3 Å². The number of hydrogen-bond acceptors (Lipinski definition) is 7. The standard InChI is InChI=1S/C25H29N5O3S/c1-19(31)28-11-13-29(14-12-28)24(32)18-30(17-20-7-4-3-5-8-20)25-26-23(27-34-25)16-21-9-6-10-22(15-21)33-2/h3-10,15H,11-14,16-18H2,1-2H3. The Bertz CT molecular complexity index is 1110. The fourth-order valence-corrected chi connectivity index (χ4v) is 4.62. The number of amides is 2. The van der Waals surface area contributed by atoms with E-state index in [0.29, 0.717) is 45.0 Å². The van der Waals surface area contributed by atoms with Gasteiger partial charge in [-0.3, -0.25) is 9.59 Å². The number of anilines is 1. The molecule has 1 fully saturated rings. The van der Waals surface area contributed by atoms with Crippen LogP contribution in [0.25, 0.3) is 0 Å². The lowest BCUT2D eigenvalue weighted by atomic mass is 10.1. The lowest BCUT2D eigenvalue weighted by Gasteiger charge is -2.35. The third-order valence-corrected chi connectivity index (χ3v) is 6.66. The number of ether oxygens (including phenoxy) is 1. The molecule has 2 heterocycles. The van der Waals surface area contributed by atoms with Gasteiger partial charge in [-0.15, -0.1) is 0 Å². The molecule has 1 aliphatic heterocycles. The predicted octanol–water partition coefficient (Wildman–Crippen LogP) is 2.83. The Kier molecular flexibility index (Phi) is 7.74. The van der Waals surface area contributed by atoms with Gasteiger partial charge in [0.1, 0.15) is 11.6 Å². The van der Waals surface area contributed by atoms with E-state index in [1.54, 1.807) is 18.9 Å². The first kappa shape index (κ1) is 23.7. The Morgan fingerprint density at radius 3 is 2.41 bits per heavy atom. The maximum Gasteiger partial charge on any atom is 0.242 e. The summed E-state index contributed by atoms with van der Waals surface area (Å²) in [6, 6.07) is 17.9. The van der Waals surface area contributed by atoms with E-state index in [9.17, 15) is 9.59 Å². The lowest BCUT2D eigenvalue weighted by molar-refractivity contribution is -0.137. The predicted molar refractivity (Wildman–Crippen MR) is 132 cm³/mol. The number of methoxy groups -OCH3 is 1. The van der Waals surface area contributed by atoms with Crippen LogP contribution < -0.4 is 9.64 Å². The summed E-state index contributed by atoms with van der Waals surface area (Å²) >= 11 is 1.31. The average Bonchev–Trinajstić information content (AvgIpc) is 3.32. The molecule has 34 heavy (non-hydrogen) atoms. The third-order valence-electron chi connectivity index (χ3n) is 5.84. The van der Waals surface area contributed by atoms with Gasteiger partial charge in [-0.25, -0.2) is 4.98 Å². The maximum absolute atomic E-state index is 13.1. The van der Waals surface area contributed by atoms with E-state index in [1.807, 2.05) is 64.4 Å². The highest BCUT2D eigenvalue weighted by Crippen LogP contribution is 2.23. The van der Waals surface area contributed by atoms with Crippen LogP contribution in [0.15, 0.2) is 54.6 Å². The van der Waals surface area contributed by atoms with Crippen molar-refractivity contribution in [1.82, 2.24) is 19.2 Å². The van der Waals surface area contributed by atoms with Crippen LogP contribution >= 0.6 is 11.5 Å². The first-order chi connectivity index (χ1) is 16.5. The van der Waals surface area contributed by atoms with Crippen molar-refractivity contribution in [3.05, 3.63) is 71.5 Å². The Morgan fingerprint density at radius 2 is 1.71 bits per heavy atom. The summed E-state index contributed by atoms with van der Waals surface area (Å²) in [6.07, 6.45) is 0.591. The quantitative estimate of drug-likeness (QED) is 0.494. The molecule has 1 aliphatic rings. The fourth-order valence-electron chi connectivity index (χ4n) is 3.94. The molecule has 0 bridgehead atoms. The summed E-state index contributed by atoms with van der Waals surface area (Å²) in [4.78, 5) is 35.1. The summed E-state index contributed by atoms with van der Waals surface area (Å²) in [5.41, 5.74) is 2.17. The van der Waals surface area contributed by atoms with Gasteiger partial charge in [0.2, 0.25) is 16.9 Å². The fraction of sp³-hybridized carbons (Fsp3) is 0.360. The minimum absolute atomic E-state index is 0.0312. The molecule has 0 unspecified atom stereocenters. The van der Waals surface area contributed by atoms with Gasteiger partial charge in [-0.05, 0) is 23.3 Å². The highest BCUT2D eigenvalue weighted by molar-refractivity contribution is 7.09. The van der Waals surface area contributed by atoms with Crippen LogP contribution in [0.4, 0.5) is 5.13 Å². The second-order valence-corrected chi connectivity index (χ2v) is 8.98. The minimum atomic E-state index is 0.0312. The first-order valence-electron chi connectivity index (χ1n) is 11.3. The molecule has 4 rings (SSSR count). The van der Waals surface area contributed by atoms with Crippen LogP contribution in [0.5, 0.6) is 5.75 Å². The second-order valence-electron chi connectivity index (χ2n) is 8.25. The van der Waals surface area contributed by atoms with E-state index in [4.69, 9.17) is 9.72 Å². The molecular weight excluding hydrogens is 450 g/mol. The molecule has 0 N–H and O–H groups in total. The number of carbonyl (C=O) groups is 2. The summed E-state index contributed by atoms with van der Waals surface area (Å²) in [6.45, 7) is 4.59. The number of nitrogens with zero attached hydrogens (tertiary/aromatic N) is 5. The van der Waals surface area contributed by atoms with Crippen molar-refractivity contribution in [3.63, 3.8) is 0 Å². The van der Waals surface area contributed by atoms with Crippen molar-refractivity contribution in [3.8, 4) is 5.75 Å². The van der Waals surface area contributed by atoms with Crippen molar-refractivity contribution in [1.29, 1.82) is 0 Å². The second kappa shape index (κ2) is 11.1. The van der Waals surface area contributed by atoms with E-state index >= 15 is 0 Å². The van der Waals surface area contributed by atoms with Gasteiger partial charge < -0.3 is 19.4 Å². The zero-order valence-electron chi connectivity index (χ0n) is 19.5. The molecule has 0 radical (unpaired) electrons. The van der Waals surface area contributed by atoms with Crippen LogP contribution in [0, 0.1) is 0 Å². The molecule has 0 aliphatic carbocycles. The number of aromatic nitrogens is 2. The minimum Gasteiger partial charge on any atom is -0.497 e. The Balaban J connectivity index is 1.47. The van der Waals surface area contributed by atoms with E-state index in [2.05, 4.69) is 4.37 Å². The Labute approximate surface area is 203 Å². The first-order valence-corrected chi connectivity index (χ1v) is 12.1. The molecule has 9 heteroatoms. The van der Waals surface area contributed by atoms with Gasteiger partial charge in [-0.1, -0.05) is 42.5 Å². The van der Waals surface area contributed by atoms with Crippen LogP contribution in [-0.2, 0) is 22.6 Å². The molecular formula is C25H29N5O3S. The Morgan fingerprint density at radius 1 is 1.00 bits per heavy atom. The number of rotatable bonds is 8. The van der Waals surface area contributed by atoms with Crippen molar-refractivity contribution >= 4 is 28.5 Å². The van der Waals surface area contributed by atoms with Gasteiger partial charge in [-0.2, -0.15) is 4.37 Å². The molecule has 0 spiro atoms. The molecule has 2 aromatic carbocycles. The molecule has 178 valence electrons. The zero-order valence-corrected chi connectivity index (χ0v) is 20.3. The van der Waals surface area contributed by atoms with Crippen molar-refractivity contribution in [2.75, 3.05) is 44.7 Å². The summed E-state index contributed by atoms with van der Waals surface area (Å²) < 4.78 is 9.87. The van der Waals surface area contributed by atoms with E-state index in [0.717, 1.165) is 22.0 Å². The normalized spacial score (nSPS) is 13.6. The number of benzene rings is 2. The molecule has 1 aromatic heterocycles. The van der Waals surface area contributed by atoms with Crippen LogP contribution in [-0.4, -0.2) is 70.8 Å². The highest BCUT2D eigenvalue weighted by Gasteiger charge is 2.25. The van der Waals surface area contributed by atoms with Crippen LogP contribution in [0.2, 0.25) is 0 Å². The average molecular weight is 480 g/mol. The van der Waals surface area contributed by atoms with Crippen LogP contribution in [0.3, 0.4) is 0 Å². The zero-order chi connectivity index (χ0) is 23.9. The van der Waals surface area contributed by atoms with E-state index in [-0.39, 0.29) is 18.4 Å². The summed E-state index contributed by atoms with van der Waals surface area (Å²) in [5, 5.41) is 0.720. The Hall–Kier alpha value is -3.46. The molecule has 1 saturated heterocycles. The molecule has 0 atom stereocenters. The number of hydrogen-bond donors (Lipinski definition) is 0. The smallest absolute Gasteiger partial charge is 0.242 e. The molecule has 0 saturated carbocycles. The summed E-state index contributed by atoms with van der Waals surface area (Å²) in [7, 11) is 1.65. The molecule has 8 nitrogen and oxygen atoms in total. The van der Waals surface area contributed by atoms with E-state index in [1.165, 1.54) is 11.5 Å². The maximum atomic E-state index is 13.1. The van der Waals surface area contributed by atoms with Gasteiger partial charge >= 0.3 is 0 Å². The van der Waals surface area contributed by atoms with Crippen molar-refractivity contribution in [2.24, 2.45) is 0 Å². The van der Waals surface area contributed by atoms with Crippen LogP contribution in [0.1, 0.15) is 23.9 Å². The van der Waals surface area contributed by atoms with Gasteiger partial charge in [0, 0.05) is 57.6 Å². The molecule has 3 aromatic rings.